The summed E-state index contributed by atoms with van der Waals surface area (Å²) in [5, 5.41) is 10.6. The molecule has 4 aromatic rings. The number of hydrogen-bond acceptors (Lipinski definition) is 5. The van der Waals surface area contributed by atoms with Crippen molar-refractivity contribution in [3.05, 3.63) is 65.2 Å². The molecular weight excluding hydrogens is 360 g/mol. The first kappa shape index (κ1) is 17.4. The zero-order valence-corrected chi connectivity index (χ0v) is 15.8. The first-order chi connectivity index (χ1) is 13.1. The fourth-order valence-electron chi connectivity index (χ4n) is 3.09. The van der Waals surface area contributed by atoms with Crippen LogP contribution in [0.5, 0.6) is 5.75 Å². The molecule has 0 unspecified atom stereocenters. The molecule has 2 heterocycles. The third-order valence-corrected chi connectivity index (χ3v) is 5.45. The quantitative estimate of drug-likeness (QED) is 0.537. The second-order valence-electron chi connectivity index (χ2n) is 6.24. The predicted octanol–water partition coefficient (Wildman–Crippen LogP) is 3.59. The maximum absolute atomic E-state index is 11.4. The van der Waals surface area contributed by atoms with Gasteiger partial charge in [-0.25, -0.2) is 0 Å². The Bertz CT molecular complexity index is 1170. The van der Waals surface area contributed by atoms with Gasteiger partial charge < -0.3 is 10.5 Å². The number of nitrogens with two attached hydrogens (primary N) is 1. The van der Waals surface area contributed by atoms with Crippen LogP contribution in [0.1, 0.15) is 21.5 Å². The van der Waals surface area contributed by atoms with Crippen LogP contribution in [0.25, 0.3) is 16.6 Å². The molecule has 4 rings (SSSR count). The van der Waals surface area contributed by atoms with E-state index < -0.39 is 5.91 Å². The van der Waals surface area contributed by atoms with Crippen molar-refractivity contribution in [3.8, 4) is 5.75 Å². The summed E-state index contributed by atoms with van der Waals surface area (Å²) in [7, 11) is 1.65. The molecule has 2 aromatic carbocycles. The lowest BCUT2D eigenvalue weighted by Crippen LogP contribution is -2.10. The van der Waals surface area contributed by atoms with E-state index in [2.05, 4.69) is 17.1 Å². The first-order valence-electron chi connectivity index (χ1n) is 8.41. The summed E-state index contributed by atoms with van der Waals surface area (Å²) in [6.45, 7) is 2.06. The largest absolute Gasteiger partial charge is 0.497 e. The van der Waals surface area contributed by atoms with Crippen LogP contribution in [0.2, 0.25) is 0 Å². The minimum absolute atomic E-state index is 0.427. The van der Waals surface area contributed by atoms with Crippen molar-refractivity contribution in [3.63, 3.8) is 0 Å². The van der Waals surface area contributed by atoms with E-state index in [9.17, 15) is 4.79 Å². The zero-order valence-electron chi connectivity index (χ0n) is 15.0. The van der Waals surface area contributed by atoms with Gasteiger partial charge in [0.2, 0.25) is 5.91 Å². The van der Waals surface area contributed by atoms with Crippen LogP contribution in [-0.4, -0.2) is 27.6 Å². The predicted molar refractivity (Wildman–Crippen MR) is 106 cm³/mol. The summed E-state index contributed by atoms with van der Waals surface area (Å²) >= 11 is 1.56. The number of aryl methyl sites for hydroxylation is 1. The summed E-state index contributed by atoms with van der Waals surface area (Å²) in [4.78, 5) is 11.4. The van der Waals surface area contributed by atoms with Gasteiger partial charge >= 0.3 is 0 Å². The number of carbonyl (C=O) groups is 1. The van der Waals surface area contributed by atoms with Crippen molar-refractivity contribution in [1.29, 1.82) is 0 Å². The Morgan fingerprint density at radius 2 is 2.04 bits per heavy atom. The van der Waals surface area contributed by atoms with Gasteiger partial charge in [0, 0.05) is 22.8 Å². The molecule has 0 saturated heterocycles. The van der Waals surface area contributed by atoms with Gasteiger partial charge in [0.05, 0.1) is 12.6 Å². The Hall–Kier alpha value is -3.06. The molecule has 0 saturated carbocycles. The second kappa shape index (κ2) is 6.92. The van der Waals surface area contributed by atoms with Crippen molar-refractivity contribution in [2.45, 2.75) is 17.8 Å². The number of pyridine rings is 1. The number of thioether (sulfide) groups is 1. The van der Waals surface area contributed by atoms with Crippen LogP contribution in [-0.2, 0) is 5.75 Å². The van der Waals surface area contributed by atoms with Crippen LogP contribution in [0.15, 0.2) is 53.7 Å². The molecule has 0 aliphatic carbocycles. The fraction of sp³-hybridized carbons (Fsp3) is 0.150. The van der Waals surface area contributed by atoms with Crippen molar-refractivity contribution in [2.24, 2.45) is 5.73 Å². The number of hydrogen-bond donors (Lipinski definition) is 1. The highest BCUT2D eigenvalue weighted by Gasteiger charge is 2.13. The van der Waals surface area contributed by atoms with E-state index in [4.69, 9.17) is 10.5 Å². The minimum atomic E-state index is -0.427. The molecule has 6 nitrogen and oxygen atoms in total. The first-order valence-corrected chi connectivity index (χ1v) is 9.39. The van der Waals surface area contributed by atoms with E-state index in [1.165, 1.54) is 0 Å². The van der Waals surface area contributed by atoms with Crippen LogP contribution in [0, 0.1) is 6.92 Å². The van der Waals surface area contributed by atoms with E-state index in [-0.39, 0.29) is 0 Å². The third kappa shape index (κ3) is 3.21. The van der Waals surface area contributed by atoms with Crippen LogP contribution in [0.3, 0.4) is 0 Å². The highest BCUT2D eigenvalue weighted by atomic mass is 32.2. The van der Waals surface area contributed by atoms with Crippen molar-refractivity contribution >= 4 is 34.2 Å². The van der Waals surface area contributed by atoms with Crippen LogP contribution in [0.4, 0.5) is 0 Å². The van der Waals surface area contributed by atoms with Gasteiger partial charge in [0.1, 0.15) is 5.75 Å². The molecule has 2 aromatic heterocycles. The lowest BCUT2D eigenvalue weighted by molar-refractivity contribution is 0.1000. The van der Waals surface area contributed by atoms with Crippen molar-refractivity contribution < 1.29 is 9.53 Å². The zero-order chi connectivity index (χ0) is 19.0. The summed E-state index contributed by atoms with van der Waals surface area (Å²) in [5.74, 6) is 1.01. The lowest BCUT2D eigenvalue weighted by Gasteiger charge is -2.09. The fourth-order valence-corrected chi connectivity index (χ4v) is 3.98. The van der Waals surface area contributed by atoms with E-state index >= 15 is 0 Å². The Labute approximate surface area is 160 Å². The maximum Gasteiger partial charge on any atom is 0.248 e. The number of aromatic nitrogens is 3. The van der Waals surface area contributed by atoms with Gasteiger partial charge in [-0.1, -0.05) is 23.9 Å². The number of nitrogens with zero attached hydrogens (tertiary/aromatic N) is 3. The Morgan fingerprint density at radius 3 is 2.81 bits per heavy atom. The Kier molecular flexibility index (Phi) is 4.45. The molecular formula is C20H18N4O2S. The van der Waals surface area contributed by atoms with Gasteiger partial charge in [-0.3, -0.25) is 9.20 Å². The monoisotopic (exact) mass is 378 g/mol. The molecule has 1 amide bonds. The molecule has 27 heavy (non-hydrogen) atoms. The third-order valence-electron chi connectivity index (χ3n) is 4.45. The summed E-state index contributed by atoms with van der Waals surface area (Å²) in [6, 6.07) is 15.3. The number of benzene rings is 2. The molecule has 136 valence electrons. The average molecular weight is 378 g/mol. The van der Waals surface area contributed by atoms with Crippen molar-refractivity contribution in [2.75, 3.05) is 7.11 Å². The van der Waals surface area contributed by atoms with Gasteiger partial charge in [-0.2, -0.15) is 0 Å². The average Bonchev–Trinajstić information content (AvgIpc) is 3.09. The van der Waals surface area contributed by atoms with Gasteiger partial charge in [-0.05, 0) is 48.4 Å². The molecule has 0 fully saturated rings. The SMILES string of the molecule is COc1ccc2c(C)cc3nnc(SCc4cccc(C(N)=O)c4)n3c2c1. The van der Waals surface area contributed by atoms with Crippen molar-refractivity contribution in [1.82, 2.24) is 14.6 Å². The Morgan fingerprint density at radius 1 is 1.19 bits per heavy atom. The van der Waals surface area contributed by atoms with Crippen LogP contribution >= 0.6 is 11.8 Å². The molecule has 7 heteroatoms. The van der Waals surface area contributed by atoms with Crippen LogP contribution < -0.4 is 10.5 Å². The minimum Gasteiger partial charge on any atom is -0.497 e. The summed E-state index contributed by atoms with van der Waals surface area (Å²) < 4.78 is 7.42. The van der Waals surface area contributed by atoms with Gasteiger partial charge in [0.25, 0.3) is 0 Å². The number of rotatable bonds is 5. The summed E-state index contributed by atoms with van der Waals surface area (Å²) in [5.41, 5.74) is 9.81. The smallest absolute Gasteiger partial charge is 0.248 e. The Balaban J connectivity index is 1.75. The highest BCUT2D eigenvalue weighted by Crippen LogP contribution is 2.29. The molecule has 0 aliphatic heterocycles. The van der Waals surface area contributed by atoms with E-state index in [0.29, 0.717) is 11.3 Å². The van der Waals surface area contributed by atoms with E-state index in [1.807, 2.05) is 46.9 Å². The number of ether oxygens (including phenoxy) is 1. The highest BCUT2D eigenvalue weighted by molar-refractivity contribution is 7.98. The molecule has 0 atom stereocenters. The normalized spacial score (nSPS) is 11.2. The second-order valence-corrected chi connectivity index (χ2v) is 7.18. The van der Waals surface area contributed by atoms with E-state index in [1.54, 1.807) is 24.9 Å². The molecule has 0 aliphatic rings. The standard InChI is InChI=1S/C20H18N4O2S/c1-12-8-18-22-23-20(24(18)17-10-15(26-2)6-7-16(12)17)27-11-13-4-3-5-14(9-13)19(21)25/h3-10H,11H2,1-2H3,(H2,21,25). The number of amides is 1. The topological polar surface area (TPSA) is 82.5 Å². The number of fused-ring (bicyclic) bond motifs is 3. The number of carbonyl (C=O) groups excluding carboxylic acids is 1. The molecule has 0 spiro atoms. The lowest BCUT2D eigenvalue weighted by atomic mass is 10.1. The summed E-state index contributed by atoms with van der Waals surface area (Å²) in [6.07, 6.45) is 0. The molecule has 0 radical (unpaired) electrons. The number of primary amides is 1. The molecule has 2 N–H and O–H groups in total. The molecule has 0 bridgehead atoms. The number of methoxy groups -OCH3 is 1. The van der Waals surface area contributed by atoms with E-state index in [0.717, 1.165) is 38.6 Å². The van der Waals surface area contributed by atoms with Gasteiger partial charge in [0.15, 0.2) is 10.8 Å². The maximum atomic E-state index is 11.4. The van der Waals surface area contributed by atoms with Gasteiger partial charge in [-0.15, -0.1) is 10.2 Å².